The van der Waals surface area contributed by atoms with Crippen molar-refractivity contribution in [3.05, 3.63) is 0 Å². The molecule has 0 amide bonds. The van der Waals surface area contributed by atoms with Crippen molar-refractivity contribution < 1.29 is 69.5 Å². The quantitative estimate of drug-likeness (QED) is 0.162. The molecule has 0 radical (unpaired) electrons. The summed E-state index contributed by atoms with van der Waals surface area (Å²) in [4.78, 5) is 0. The normalized spacial score (nSPS) is 13.8. The van der Waals surface area contributed by atoms with Crippen LogP contribution in [0.15, 0.2) is 0 Å². The van der Waals surface area contributed by atoms with Gasteiger partial charge in [0.25, 0.3) is 0 Å². The molecule has 4 nitrogen and oxygen atoms in total. The van der Waals surface area contributed by atoms with Crippen LogP contribution in [-0.2, 0) is 10.1 Å². The van der Waals surface area contributed by atoms with Crippen LogP contribution in [0, 0.1) is 0 Å². The van der Waals surface area contributed by atoms with Crippen LogP contribution >= 0.6 is 0 Å². The first-order valence-corrected chi connectivity index (χ1v) is 13.5. The summed E-state index contributed by atoms with van der Waals surface area (Å²) in [6.07, 6.45) is 19.5. The van der Waals surface area contributed by atoms with Gasteiger partial charge in [0.1, 0.15) is 10.1 Å². The molecule has 0 saturated heterocycles. The monoisotopic (exact) mass is 458 g/mol. The fourth-order valence-electron chi connectivity index (χ4n) is 3.86. The van der Waals surface area contributed by atoms with Crippen LogP contribution in [0.1, 0.15) is 136 Å². The van der Waals surface area contributed by atoms with E-state index < -0.39 is 21.5 Å². The molecule has 0 rings (SSSR count). The van der Waals surface area contributed by atoms with E-state index in [1.807, 2.05) is 0 Å². The minimum absolute atomic E-state index is 0. The Balaban J connectivity index is 0. The van der Waals surface area contributed by atoms with Crippen molar-refractivity contribution in [1.82, 2.24) is 0 Å². The Morgan fingerprint density at radius 3 is 1.28 bits per heavy atom. The summed E-state index contributed by atoms with van der Waals surface area (Å²) in [7, 11) is -4.43. The molecular weight excluding hydrogens is 411 g/mol. The molecular formula is C23H47KO4S. The summed E-state index contributed by atoms with van der Waals surface area (Å²) in [6, 6.07) is 0. The van der Waals surface area contributed by atoms with Crippen molar-refractivity contribution in [3.8, 4) is 0 Å². The van der Waals surface area contributed by atoms with Gasteiger partial charge in [-0.3, -0.25) is 0 Å². The zero-order chi connectivity index (χ0) is 21.1. The van der Waals surface area contributed by atoms with Gasteiger partial charge >= 0.3 is 51.4 Å². The fourth-order valence-corrected chi connectivity index (χ4v) is 4.83. The van der Waals surface area contributed by atoms with Gasteiger partial charge in [-0.15, -0.1) is 0 Å². The molecule has 0 saturated carbocycles. The van der Waals surface area contributed by atoms with Gasteiger partial charge in [0.05, 0.1) is 11.4 Å². The van der Waals surface area contributed by atoms with Gasteiger partial charge in [-0.05, 0) is 12.8 Å². The number of aliphatic hydroxyl groups is 1. The molecule has 0 aromatic carbocycles. The molecule has 0 aliphatic carbocycles. The number of unbranched alkanes of at least 4 members (excludes halogenated alkanes) is 15. The standard InChI is InChI=1S/C23H48O4S.K/c1-3-5-7-9-10-11-12-13-14-15-17-19-21-23(28(25,26)27)22(24)20-18-16-8-6-4-2;/h22-24H,3-21H2,1-2H3,(H,25,26,27);/q;+1/p-1. The van der Waals surface area contributed by atoms with E-state index in [0.717, 1.165) is 51.4 Å². The van der Waals surface area contributed by atoms with E-state index in [1.54, 1.807) is 0 Å². The molecule has 6 heteroatoms. The summed E-state index contributed by atoms with van der Waals surface area (Å²) in [5.74, 6) is 0. The molecule has 2 unspecified atom stereocenters. The summed E-state index contributed by atoms with van der Waals surface area (Å²) >= 11 is 0. The summed E-state index contributed by atoms with van der Waals surface area (Å²) in [5.41, 5.74) is 0. The van der Waals surface area contributed by atoms with Crippen LogP contribution in [0.2, 0.25) is 0 Å². The first-order chi connectivity index (χ1) is 13.4. The third-order valence-electron chi connectivity index (χ3n) is 5.75. The summed E-state index contributed by atoms with van der Waals surface area (Å²) < 4.78 is 34.6. The minimum Gasteiger partial charge on any atom is -0.748 e. The van der Waals surface area contributed by atoms with Crippen LogP contribution in [0.4, 0.5) is 0 Å². The average Bonchev–Trinajstić information content (AvgIpc) is 2.64. The Morgan fingerprint density at radius 2 is 0.931 bits per heavy atom. The van der Waals surface area contributed by atoms with Crippen molar-refractivity contribution >= 4 is 10.1 Å². The van der Waals surface area contributed by atoms with Crippen LogP contribution in [0.3, 0.4) is 0 Å². The molecule has 0 fully saturated rings. The second-order valence-electron chi connectivity index (χ2n) is 8.48. The maximum absolute atomic E-state index is 11.5. The van der Waals surface area contributed by atoms with Gasteiger partial charge in [-0.25, -0.2) is 8.42 Å². The Hall–Kier alpha value is 1.51. The van der Waals surface area contributed by atoms with Gasteiger partial charge < -0.3 is 9.66 Å². The number of hydrogen-bond acceptors (Lipinski definition) is 4. The SMILES string of the molecule is CCCCCCCCCCCCCCC(C(O)CCCCCCC)S(=O)(=O)[O-].[K+]. The molecule has 0 aliphatic heterocycles. The Labute approximate surface area is 224 Å². The molecule has 0 aliphatic rings. The minimum atomic E-state index is -4.43. The fraction of sp³-hybridized carbons (Fsp3) is 1.00. The summed E-state index contributed by atoms with van der Waals surface area (Å²) in [6.45, 7) is 4.38. The maximum Gasteiger partial charge on any atom is 1.00 e. The maximum atomic E-state index is 11.5. The van der Waals surface area contributed by atoms with Crippen molar-refractivity contribution in [2.45, 2.75) is 147 Å². The van der Waals surface area contributed by atoms with E-state index in [-0.39, 0.29) is 51.4 Å². The average molecular weight is 459 g/mol. The van der Waals surface area contributed by atoms with Gasteiger partial charge in [0.2, 0.25) is 0 Å². The van der Waals surface area contributed by atoms with Crippen LogP contribution < -0.4 is 51.4 Å². The van der Waals surface area contributed by atoms with E-state index in [2.05, 4.69) is 13.8 Å². The van der Waals surface area contributed by atoms with Crippen molar-refractivity contribution in [1.29, 1.82) is 0 Å². The third-order valence-corrected chi connectivity index (χ3v) is 7.04. The van der Waals surface area contributed by atoms with E-state index in [4.69, 9.17) is 0 Å². The van der Waals surface area contributed by atoms with Crippen LogP contribution in [0.25, 0.3) is 0 Å². The number of hydrogen-bond donors (Lipinski definition) is 1. The van der Waals surface area contributed by atoms with Crippen molar-refractivity contribution in [2.75, 3.05) is 0 Å². The van der Waals surface area contributed by atoms with Crippen molar-refractivity contribution in [3.63, 3.8) is 0 Å². The van der Waals surface area contributed by atoms with E-state index in [9.17, 15) is 18.1 Å². The zero-order valence-corrected chi connectivity index (χ0v) is 23.6. The van der Waals surface area contributed by atoms with Crippen LogP contribution in [-0.4, -0.2) is 29.4 Å². The molecule has 0 heterocycles. The molecule has 1 N–H and O–H groups in total. The zero-order valence-electron chi connectivity index (χ0n) is 19.7. The van der Waals surface area contributed by atoms with E-state index >= 15 is 0 Å². The molecule has 0 bridgehead atoms. The topological polar surface area (TPSA) is 77.4 Å². The first kappa shape index (κ1) is 32.7. The molecule has 0 aromatic rings. The van der Waals surface area contributed by atoms with Gasteiger partial charge in [-0.1, -0.05) is 123 Å². The first-order valence-electron chi connectivity index (χ1n) is 12.1. The van der Waals surface area contributed by atoms with E-state index in [0.29, 0.717) is 12.8 Å². The van der Waals surface area contributed by atoms with Crippen LogP contribution in [0.5, 0.6) is 0 Å². The second-order valence-corrected chi connectivity index (χ2v) is 10.1. The molecule has 170 valence electrons. The number of rotatable bonds is 21. The summed E-state index contributed by atoms with van der Waals surface area (Å²) in [5, 5.41) is 9.08. The predicted octanol–water partition coefficient (Wildman–Crippen LogP) is 3.72. The molecule has 2 atom stereocenters. The largest absolute Gasteiger partial charge is 1.00 e. The second kappa shape index (κ2) is 22.7. The van der Waals surface area contributed by atoms with Gasteiger partial charge in [-0.2, -0.15) is 0 Å². The van der Waals surface area contributed by atoms with Gasteiger partial charge in [0, 0.05) is 0 Å². The molecule has 0 aromatic heterocycles. The van der Waals surface area contributed by atoms with Gasteiger partial charge in [0.15, 0.2) is 0 Å². The van der Waals surface area contributed by atoms with E-state index in [1.165, 1.54) is 57.8 Å². The smallest absolute Gasteiger partial charge is 0.748 e. The van der Waals surface area contributed by atoms with Crippen molar-refractivity contribution in [2.24, 2.45) is 0 Å². The Kier molecular flexibility index (Phi) is 25.6. The Bertz CT molecular complexity index is 429. The Morgan fingerprint density at radius 1 is 0.621 bits per heavy atom. The molecule has 29 heavy (non-hydrogen) atoms. The molecule has 0 spiro atoms. The number of aliphatic hydroxyl groups excluding tert-OH is 1. The third kappa shape index (κ3) is 21.1. The predicted molar refractivity (Wildman–Crippen MR) is 119 cm³/mol.